The molecule has 0 aliphatic rings. The number of rotatable bonds is 7. The van der Waals surface area contributed by atoms with Gasteiger partial charge in [0.05, 0.1) is 7.11 Å². The second kappa shape index (κ2) is 9.11. The Morgan fingerprint density at radius 1 is 1.00 bits per heavy atom. The van der Waals surface area contributed by atoms with Crippen LogP contribution in [0.2, 0.25) is 5.02 Å². The first kappa shape index (κ1) is 19.5. The summed E-state index contributed by atoms with van der Waals surface area (Å²) in [6.45, 7) is 0.272. The van der Waals surface area contributed by atoms with E-state index in [0.717, 1.165) is 16.7 Å². The van der Waals surface area contributed by atoms with Crippen molar-refractivity contribution in [2.75, 3.05) is 7.11 Å². The lowest BCUT2D eigenvalue weighted by Crippen LogP contribution is -2.01. The first-order chi connectivity index (χ1) is 13.6. The maximum Gasteiger partial charge on any atom is 0.328 e. The molecule has 0 spiro atoms. The van der Waals surface area contributed by atoms with Gasteiger partial charge in [0.15, 0.2) is 0 Å². The van der Waals surface area contributed by atoms with E-state index in [2.05, 4.69) is 0 Å². The van der Waals surface area contributed by atoms with Crippen molar-refractivity contribution in [1.82, 2.24) is 0 Å². The number of hydrogen-bond acceptors (Lipinski definition) is 3. The van der Waals surface area contributed by atoms with E-state index < -0.39 is 5.97 Å². The predicted octanol–water partition coefficient (Wildman–Crippen LogP) is 5.44. The van der Waals surface area contributed by atoms with Crippen LogP contribution >= 0.6 is 11.6 Å². The van der Waals surface area contributed by atoms with Crippen LogP contribution < -0.4 is 9.47 Å². The van der Waals surface area contributed by atoms with Crippen LogP contribution in [0.1, 0.15) is 16.7 Å². The quantitative estimate of drug-likeness (QED) is 0.542. The van der Waals surface area contributed by atoms with E-state index in [1.165, 1.54) is 6.08 Å². The van der Waals surface area contributed by atoms with Gasteiger partial charge in [0.25, 0.3) is 0 Å². The summed E-state index contributed by atoms with van der Waals surface area (Å²) in [6, 6.07) is 22.0. The number of aliphatic carboxylic acids is 1. The highest BCUT2D eigenvalue weighted by Crippen LogP contribution is 2.29. The normalized spacial score (nSPS) is 11.1. The summed E-state index contributed by atoms with van der Waals surface area (Å²) in [5.74, 6) is 0.343. The molecule has 3 aromatic carbocycles. The van der Waals surface area contributed by atoms with Crippen LogP contribution in [0.15, 0.2) is 78.9 Å². The summed E-state index contributed by atoms with van der Waals surface area (Å²) in [7, 11) is 1.59. The molecule has 0 atom stereocenters. The van der Waals surface area contributed by atoms with Crippen molar-refractivity contribution < 1.29 is 19.4 Å². The minimum Gasteiger partial charge on any atom is -0.496 e. The molecule has 3 rings (SSSR count). The third-order valence-electron chi connectivity index (χ3n) is 4.15. The maximum absolute atomic E-state index is 11.4. The zero-order valence-electron chi connectivity index (χ0n) is 15.3. The van der Waals surface area contributed by atoms with Gasteiger partial charge in [-0.2, -0.15) is 0 Å². The molecule has 0 aliphatic carbocycles. The number of carboxylic acids is 1. The van der Waals surface area contributed by atoms with E-state index in [0.29, 0.717) is 22.1 Å². The number of hydrogen-bond donors (Lipinski definition) is 1. The van der Waals surface area contributed by atoms with Crippen molar-refractivity contribution in [3.8, 4) is 11.5 Å². The van der Waals surface area contributed by atoms with Gasteiger partial charge in [-0.15, -0.1) is 0 Å². The lowest BCUT2D eigenvalue weighted by Gasteiger charge is -2.14. The SMILES string of the molecule is COc1ccc(C(=CC(=O)O)c2ccccc2)cc1COc1ccc(Cl)cc1. The average molecular weight is 395 g/mol. The summed E-state index contributed by atoms with van der Waals surface area (Å²) in [5, 5.41) is 9.95. The number of carbonyl (C=O) groups is 1. The third-order valence-corrected chi connectivity index (χ3v) is 4.40. The van der Waals surface area contributed by atoms with Crippen LogP contribution in [0.25, 0.3) is 5.57 Å². The Balaban J connectivity index is 1.94. The molecule has 0 amide bonds. The Labute approximate surface area is 168 Å². The molecule has 0 aliphatic heterocycles. The standard InChI is InChI=1S/C23H19ClO4/c1-27-22-12-7-17(21(14-23(25)26)16-5-3-2-4-6-16)13-18(22)15-28-20-10-8-19(24)9-11-20/h2-14H,15H2,1H3,(H,25,26). The van der Waals surface area contributed by atoms with Crippen molar-refractivity contribution in [3.05, 3.63) is 101 Å². The van der Waals surface area contributed by atoms with E-state index in [-0.39, 0.29) is 6.61 Å². The predicted molar refractivity (Wildman–Crippen MR) is 110 cm³/mol. The first-order valence-electron chi connectivity index (χ1n) is 8.62. The van der Waals surface area contributed by atoms with Gasteiger partial charge < -0.3 is 14.6 Å². The zero-order valence-corrected chi connectivity index (χ0v) is 16.0. The Bertz CT molecular complexity index is 979. The van der Waals surface area contributed by atoms with Crippen molar-refractivity contribution in [1.29, 1.82) is 0 Å². The largest absolute Gasteiger partial charge is 0.496 e. The Hall–Kier alpha value is -3.24. The summed E-state index contributed by atoms with van der Waals surface area (Å²) in [4.78, 5) is 11.4. The number of carboxylic acid groups (broad SMARTS) is 1. The van der Waals surface area contributed by atoms with Crippen LogP contribution in [0, 0.1) is 0 Å². The van der Waals surface area contributed by atoms with Gasteiger partial charge in [-0.1, -0.05) is 48.0 Å². The van der Waals surface area contributed by atoms with Crippen LogP contribution in [-0.2, 0) is 11.4 Å². The van der Waals surface area contributed by atoms with Crippen molar-refractivity contribution in [2.45, 2.75) is 6.61 Å². The number of ether oxygens (including phenoxy) is 2. The fourth-order valence-corrected chi connectivity index (χ4v) is 2.95. The number of halogens is 1. The average Bonchev–Trinajstić information content (AvgIpc) is 2.72. The van der Waals surface area contributed by atoms with Gasteiger partial charge in [-0.3, -0.25) is 0 Å². The van der Waals surface area contributed by atoms with Crippen molar-refractivity contribution in [3.63, 3.8) is 0 Å². The molecule has 0 saturated carbocycles. The van der Waals surface area contributed by atoms with Gasteiger partial charge in [0.2, 0.25) is 0 Å². The maximum atomic E-state index is 11.4. The second-order valence-electron chi connectivity index (χ2n) is 6.03. The molecular weight excluding hydrogens is 376 g/mol. The van der Waals surface area contributed by atoms with Gasteiger partial charge >= 0.3 is 5.97 Å². The van der Waals surface area contributed by atoms with E-state index in [1.54, 1.807) is 31.4 Å². The van der Waals surface area contributed by atoms with Gasteiger partial charge in [-0.05, 0) is 53.1 Å². The molecule has 0 saturated heterocycles. The number of benzene rings is 3. The second-order valence-corrected chi connectivity index (χ2v) is 6.47. The molecule has 1 N–H and O–H groups in total. The molecule has 0 aromatic heterocycles. The molecule has 0 radical (unpaired) electrons. The van der Waals surface area contributed by atoms with E-state index >= 15 is 0 Å². The fourth-order valence-electron chi connectivity index (χ4n) is 2.83. The van der Waals surface area contributed by atoms with Crippen LogP contribution in [-0.4, -0.2) is 18.2 Å². The van der Waals surface area contributed by atoms with Crippen molar-refractivity contribution in [2.24, 2.45) is 0 Å². The van der Waals surface area contributed by atoms with Gasteiger partial charge in [0, 0.05) is 16.7 Å². The minimum atomic E-state index is -1.01. The van der Waals surface area contributed by atoms with Crippen molar-refractivity contribution >= 4 is 23.1 Å². The molecule has 4 nitrogen and oxygen atoms in total. The van der Waals surface area contributed by atoms with Gasteiger partial charge in [0.1, 0.15) is 18.1 Å². The fraction of sp³-hybridized carbons (Fsp3) is 0.0870. The lowest BCUT2D eigenvalue weighted by molar-refractivity contribution is -0.131. The first-order valence-corrected chi connectivity index (χ1v) is 9.00. The number of methoxy groups -OCH3 is 1. The summed E-state index contributed by atoms with van der Waals surface area (Å²) in [5.41, 5.74) is 3.01. The van der Waals surface area contributed by atoms with Gasteiger partial charge in [-0.25, -0.2) is 4.79 Å². The molecule has 142 valence electrons. The van der Waals surface area contributed by atoms with E-state index in [1.807, 2.05) is 48.5 Å². The molecule has 0 bridgehead atoms. The summed E-state index contributed by atoms with van der Waals surface area (Å²) >= 11 is 5.90. The Morgan fingerprint density at radius 2 is 1.71 bits per heavy atom. The summed E-state index contributed by atoms with van der Waals surface area (Å²) in [6.07, 6.45) is 1.21. The monoisotopic (exact) mass is 394 g/mol. The van der Waals surface area contributed by atoms with Crippen LogP contribution in [0.4, 0.5) is 0 Å². The zero-order chi connectivity index (χ0) is 19.9. The van der Waals surface area contributed by atoms with Crippen LogP contribution in [0.5, 0.6) is 11.5 Å². The minimum absolute atomic E-state index is 0.272. The third kappa shape index (κ3) is 4.93. The molecule has 0 fully saturated rings. The highest BCUT2D eigenvalue weighted by atomic mass is 35.5. The molecular formula is C23H19ClO4. The molecule has 5 heteroatoms. The van der Waals surface area contributed by atoms with Crippen LogP contribution in [0.3, 0.4) is 0 Å². The molecule has 3 aromatic rings. The Kier molecular flexibility index (Phi) is 6.35. The van der Waals surface area contributed by atoms with E-state index in [9.17, 15) is 9.90 Å². The highest BCUT2D eigenvalue weighted by Gasteiger charge is 2.12. The van der Waals surface area contributed by atoms with E-state index in [4.69, 9.17) is 21.1 Å². The highest BCUT2D eigenvalue weighted by molar-refractivity contribution is 6.30. The lowest BCUT2D eigenvalue weighted by atomic mass is 9.96. The molecule has 28 heavy (non-hydrogen) atoms. The Morgan fingerprint density at radius 3 is 2.36 bits per heavy atom. The molecule has 0 unspecified atom stereocenters. The topological polar surface area (TPSA) is 55.8 Å². The summed E-state index contributed by atoms with van der Waals surface area (Å²) < 4.78 is 11.3. The molecule has 0 heterocycles. The smallest absolute Gasteiger partial charge is 0.328 e.